The molecule has 2 aromatic heterocycles. The lowest BCUT2D eigenvalue weighted by Crippen LogP contribution is -2.35. The van der Waals surface area contributed by atoms with E-state index in [1.807, 2.05) is 30.8 Å². The third-order valence-electron chi connectivity index (χ3n) is 5.53. The third kappa shape index (κ3) is 3.78. The molecule has 3 aromatic rings. The first-order valence-electron chi connectivity index (χ1n) is 9.42. The van der Waals surface area contributed by atoms with Gasteiger partial charge in [-0.15, -0.1) is 10.2 Å². The lowest BCUT2D eigenvalue weighted by atomic mass is 9.96. The molecule has 1 atom stereocenters. The second-order valence-corrected chi connectivity index (χ2v) is 7.37. The van der Waals surface area contributed by atoms with Gasteiger partial charge in [0.25, 0.3) is 0 Å². The Morgan fingerprint density at radius 2 is 2.11 bits per heavy atom. The number of halogens is 1. The summed E-state index contributed by atoms with van der Waals surface area (Å²) in [6, 6.07) is 5.34. The van der Waals surface area contributed by atoms with Gasteiger partial charge in [-0.3, -0.25) is 4.90 Å². The lowest BCUT2D eigenvalue weighted by molar-refractivity contribution is 0.194. The summed E-state index contributed by atoms with van der Waals surface area (Å²) >= 11 is 0. The second-order valence-electron chi connectivity index (χ2n) is 7.37. The fourth-order valence-electron chi connectivity index (χ4n) is 3.89. The van der Waals surface area contributed by atoms with Gasteiger partial charge in [-0.1, -0.05) is 12.1 Å². The van der Waals surface area contributed by atoms with E-state index in [9.17, 15) is 4.39 Å². The van der Waals surface area contributed by atoms with E-state index in [-0.39, 0.29) is 5.82 Å². The van der Waals surface area contributed by atoms with Crippen molar-refractivity contribution in [3.63, 3.8) is 0 Å². The average molecular weight is 368 g/mol. The molecule has 1 fully saturated rings. The van der Waals surface area contributed by atoms with Gasteiger partial charge in [-0.05, 0) is 43.5 Å². The second kappa shape index (κ2) is 7.60. The maximum Gasteiger partial charge on any atom is 0.152 e. The summed E-state index contributed by atoms with van der Waals surface area (Å²) in [6.45, 7) is 5.26. The van der Waals surface area contributed by atoms with E-state index < -0.39 is 0 Å². The predicted octanol–water partition coefficient (Wildman–Crippen LogP) is 2.89. The van der Waals surface area contributed by atoms with Crippen molar-refractivity contribution >= 4 is 0 Å². The van der Waals surface area contributed by atoms with Crippen LogP contribution in [-0.2, 0) is 20.1 Å². The summed E-state index contributed by atoms with van der Waals surface area (Å²) in [5.74, 6) is 2.19. The lowest BCUT2D eigenvalue weighted by Gasteiger charge is -2.32. The number of nitrogens with zero attached hydrogens (tertiary/aromatic N) is 6. The summed E-state index contributed by atoms with van der Waals surface area (Å²) in [7, 11) is 2.04. The molecule has 0 aliphatic carbocycles. The van der Waals surface area contributed by atoms with E-state index in [0.717, 1.165) is 55.3 Å². The van der Waals surface area contributed by atoms with Gasteiger partial charge < -0.3 is 9.13 Å². The van der Waals surface area contributed by atoms with Crippen molar-refractivity contribution in [2.24, 2.45) is 7.05 Å². The Labute approximate surface area is 158 Å². The summed E-state index contributed by atoms with van der Waals surface area (Å²) in [5, 5.41) is 8.88. The van der Waals surface area contributed by atoms with Crippen LogP contribution in [0.2, 0.25) is 0 Å². The molecule has 27 heavy (non-hydrogen) atoms. The molecular weight excluding hydrogens is 343 g/mol. The van der Waals surface area contributed by atoms with Crippen LogP contribution >= 0.6 is 0 Å². The van der Waals surface area contributed by atoms with Gasteiger partial charge in [0.1, 0.15) is 11.6 Å². The van der Waals surface area contributed by atoms with Crippen molar-refractivity contribution in [1.82, 2.24) is 29.2 Å². The summed E-state index contributed by atoms with van der Waals surface area (Å²) in [5.41, 5.74) is 1.82. The monoisotopic (exact) mass is 368 g/mol. The highest BCUT2D eigenvalue weighted by Crippen LogP contribution is 2.27. The van der Waals surface area contributed by atoms with Crippen molar-refractivity contribution in [3.05, 3.63) is 65.5 Å². The Kier molecular flexibility index (Phi) is 5.03. The summed E-state index contributed by atoms with van der Waals surface area (Å²) < 4.78 is 17.9. The molecule has 1 aliphatic heterocycles. The van der Waals surface area contributed by atoms with E-state index in [1.165, 1.54) is 6.07 Å². The first kappa shape index (κ1) is 17.9. The molecule has 3 heterocycles. The number of aromatic nitrogens is 5. The maximum atomic E-state index is 13.8. The van der Waals surface area contributed by atoms with Gasteiger partial charge in [-0.25, -0.2) is 9.37 Å². The molecule has 1 saturated heterocycles. The van der Waals surface area contributed by atoms with Crippen LogP contribution in [0.25, 0.3) is 0 Å². The molecule has 0 bridgehead atoms. The molecule has 6 nitrogen and oxygen atoms in total. The van der Waals surface area contributed by atoms with E-state index in [2.05, 4.69) is 24.6 Å². The van der Waals surface area contributed by atoms with Crippen molar-refractivity contribution in [3.8, 4) is 0 Å². The van der Waals surface area contributed by atoms with Gasteiger partial charge in [0.15, 0.2) is 5.82 Å². The molecule has 1 aromatic carbocycles. The number of rotatable bonds is 5. The van der Waals surface area contributed by atoms with Crippen LogP contribution in [0.15, 0.2) is 36.9 Å². The number of piperidine rings is 1. The van der Waals surface area contributed by atoms with Crippen LogP contribution in [0.3, 0.4) is 0 Å². The molecule has 0 amide bonds. The van der Waals surface area contributed by atoms with Crippen LogP contribution in [0.5, 0.6) is 0 Å². The minimum Gasteiger partial charge on any atom is -0.330 e. The predicted molar refractivity (Wildman–Crippen MR) is 101 cm³/mol. The Hall–Kier alpha value is -2.54. The number of likely N-dealkylation sites (tertiary alicyclic amines) is 1. The highest BCUT2D eigenvalue weighted by Gasteiger charge is 2.26. The zero-order chi connectivity index (χ0) is 18.8. The van der Waals surface area contributed by atoms with Crippen molar-refractivity contribution in [2.75, 3.05) is 13.1 Å². The van der Waals surface area contributed by atoms with Crippen LogP contribution < -0.4 is 0 Å². The number of imidazole rings is 1. The van der Waals surface area contributed by atoms with Crippen LogP contribution in [0.4, 0.5) is 4.39 Å². The highest BCUT2D eigenvalue weighted by atomic mass is 19.1. The van der Waals surface area contributed by atoms with Crippen molar-refractivity contribution in [1.29, 1.82) is 0 Å². The Bertz CT molecular complexity index is 901. The molecule has 0 N–H and O–H groups in total. The largest absolute Gasteiger partial charge is 0.330 e. The Balaban J connectivity index is 1.47. The van der Waals surface area contributed by atoms with Crippen molar-refractivity contribution < 1.29 is 4.39 Å². The standard InChI is InChI=1S/C20H25FN6/c1-15-16(5-3-7-18(15)21)11-26-9-4-6-17(12-26)20-24-23-19(25(20)2)13-27-10-8-22-14-27/h3,5,7-8,10,14,17H,4,6,9,11-13H2,1-2H3. The molecule has 0 saturated carbocycles. The van der Waals surface area contributed by atoms with Crippen LogP contribution in [0, 0.1) is 12.7 Å². The van der Waals surface area contributed by atoms with Crippen LogP contribution in [-0.4, -0.2) is 42.3 Å². The quantitative estimate of drug-likeness (QED) is 0.695. The minimum atomic E-state index is -0.126. The third-order valence-corrected chi connectivity index (χ3v) is 5.53. The first-order chi connectivity index (χ1) is 13.1. The SMILES string of the molecule is Cc1c(F)cccc1CN1CCCC(c2nnc(Cn3ccnc3)n2C)C1. The average Bonchev–Trinajstić information content (AvgIpc) is 3.30. The number of hydrogen-bond acceptors (Lipinski definition) is 4. The number of benzene rings is 1. The Morgan fingerprint density at radius 1 is 1.22 bits per heavy atom. The van der Waals surface area contributed by atoms with E-state index >= 15 is 0 Å². The fourth-order valence-corrected chi connectivity index (χ4v) is 3.89. The maximum absolute atomic E-state index is 13.8. The van der Waals surface area contributed by atoms with Gasteiger partial charge in [0, 0.05) is 38.4 Å². The molecular formula is C20H25FN6. The molecule has 1 aliphatic rings. The fraction of sp³-hybridized carbons (Fsp3) is 0.450. The molecule has 142 valence electrons. The van der Waals surface area contributed by atoms with Crippen LogP contribution in [0.1, 0.15) is 41.5 Å². The normalized spacial score (nSPS) is 18.1. The summed E-state index contributed by atoms with van der Waals surface area (Å²) in [4.78, 5) is 6.48. The summed E-state index contributed by atoms with van der Waals surface area (Å²) in [6.07, 6.45) is 7.71. The van der Waals surface area contributed by atoms with Gasteiger partial charge in [0.2, 0.25) is 0 Å². The van der Waals surface area contributed by atoms with E-state index in [0.29, 0.717) is 12.5 Å². The Morgan fingerprint density at radius 3 is 2.93 bits per heavy atom. The van der Waals surface area contributed by atoms with Gasteiger partial charge in [0.05, 0.1) is 12.9 Å². The zero-order valence-corrected chi connectivity index (χ0v) is 15.8. The molecule has 0 radical (unpaired) electrons. The molecule has 7 heteroatoms. The molecule has 4 rings (SSSR count). The van der Waals surface area contributed by atoms with E-state index in [1.54, 1.807) is 18.6 Å². The number of hydrogen-bond donors (Lipinski definition) is 0. The topological polar surface area (TPSA) is 51.8 Å². The van der Waals surface area contributed by atoms with Crippen molar-refractivity contribution in [2.45, 2.75) is 38.8 Å². The van der Waals surface area contributed by atoms with Gasteiger partial charge >= 0.3 is 0 Å². The minimum absolute atomic E-state index is 0.126. The van der Waals surface area contributed by atoms with Gasteiger partial charge in [-0.2, -0.15) is 0 Å². The first-order valence-corrected chi connectivity index (χ1v) is 9.42. The zero-order valence-electron chi connectivity index (χ0n) is 15.8. The highest BCUT2D eigenvalue weighted by molar-refractivity contribution is 5.27. The molecule has 0 spiro atoms. The molecule has 1 unspecified atom stereocenters. The smallest absolute Gasteiger partial charge is 0.152 e. The van der Waals surface area contributed by atoms with E-state index in [4.69, 9.17) is 0 Å².